The minimum Gasteiger partial charge on any atom is -0.396 e. The second-order valence-corrected chi connectivity index (χ2v) is 8.04. The molecule has 5 nitrogen and oxygen atoms in total. The second kappa shape index (κ2) is 7.95. The van der Waals surface area contributed by atoms with Gasteiger partial charge in [0, 0.05) is 31.8 Å². The molecule has 2 atom stereocenters. The average Bonchev–Trinajstić information content (AvgIpc) is 2.53. The maximum Gasteiger partial charge on any atom is 0.134 e. The lowest BCUT2D eigenvalue weighted by atomic mass is 9.89. The van der Waals surface area contributed by atoms with Gasteiger partial charge in [0.25, 0.3) is 0 Å². The van der Waals surface area contributed by atoms with E-state index in [0.717, 1.165) is 44.0 Å². The number of piperidine rings is 1. The third-order valence-corrected chi connectivity index (χ3v) is 4.48. The van der Waals surface area contributed by atoms with Gasteiger partial charge >= 0.3 is 0 Å². The van der Waals surface area contributed by atoms with E-state index in [1.165, 1.54) is 6.42 Å². The van der Waals surface area contributed by atoms with E-state index in [1.807, 2.05) is 6.07 Å². The zero-order valence-corrected chi connectivity index (χ0v) is 15.0. The number of aliphatic hydroxyl groups excluding tert-OH is 1. The first kappa shape index (κ1) is 18.0. The topological polar surface area (TPSA) is 61.3 Å². The Balaban J connectivity index is 1.94. The number of nitrogens with zero attached hydrogens (tertiary/aromatic N) is 3. The molecule has 130 valence electrons. The molecule has 1 aromatic rings. The molecule has 0 aliphatic carbocycles. The van der Waals surface area contributed by atoms with E-state index in [9.17, 15) is 5.11 Å². The van der Waals surface area contributed by atoms with Crippen LogP contribution in [0.2, 0.25) is 0 Å². The molecule has 1 aliphatic heterocycles. The van der Waals surface area contributed by atoms with Crippen molar-refractivity contribution in [2.75, 3.05) is 29.9 Å². The Morgan fingerprint density at radius 3 is 2.87 bits per heavy atom. The Bertz CT molecular complexity index is 486. The van der Waals surface area contributed by atoms with Crippen LogP contribution in [0.3, 0.4) is 0 Å². The van der Waals surface area contributed by atoms with Crippen LogP contribution in [-0.2, 0) is 0 Å². The molecule has 2 rings (SSSR count). The summed E-state index contributed by atoms with van der Waals surface area (Å²) in [5, 5.41) is 12.9. The fraction of sp³-hybridized carbons (Fsp3) is 0.778. The van der Waals surface area contributed by atoms with Crippen LogP contribution >= 0.6 is 0 Å². The first-order valence-electron chi connectivity index (χ1n) is 8.82. The highest BCUT2D eigenvalue weighted by Crippen LogP contribution is 2.24. The average molecular weight is 320 g/mol. The lowest BCUT2D eigenvalue weighted by Crippen LogP contribution is -2.37. The Labute approximate surface area is 140 Å². The number of anilines is 2. The molecule has 0 aromatic carbocycles. The summed E-state index contributed by atoms with van der Waals surface area (Å²) >= 11 is 0. The maximum atomic E-state index is 9.38. The Morgan fingerprint density at radius 2 is 2.17 bits per heavy atom. The molecule has 2 unspecified atom stereocenters. The number of nitrogens with one attached hydrogen (secondary N) is 1. The largest absolute Gasteiger partial charge is 0.396 e. The second-order valence-electron chi connectivity index (χ2n) is 8.04. The van der Waals surface area contributed by atoms with Gasteiger partial charge in [-0.2, -0.15) is 0 Å². The fourth-order valence-electron chi connectivity index (χ4n) is 3.00. The normalized spacial score (nSPS) is 20.4. The Morgan fingerprint density at radius 1 is 1.39 bits per heavy atom. The summed E-state index contributed by atoms with van der Waals surface area (Å²) in [6, 6.07) is 2.43. The summed E-state index contributed by atoms with van der Waals surface area (Å²) in [6.45, 7) is 11.2. The molecule has 1 saturated heterocycles. The van der Waals surface area contributed by atoms with Crippen molar-refractivity contribution in [1.82, 2.24) is 9.97 Å². The quantitative estimate of drug-likeness (QED) is 0.842. The van der Waals surface area contributed by atoms with Crippen LogP contribution in [0.15, 0.2) is 12.4 Å². The molecule has 5 heteroatoms. The molecule has 0 spiro atoms. The lowest BCUT2D eigenvalue weighted by molar-refractivity contribution is 0.208. The molecule has 23 heavy (non-hydrogen) atoms. The Kier molecular flexibility index (Phi) is 6.22. The van der Waals surface area contributed by atoms with Crippen LogP contribution < -0.4 is 10.2 Å². The molecule has 2 N–H and O–H groups in total. The summed E-state index contributed by atoms with van der Waals surface area (Å²) in [5.74, 6) is 2.21. The fourth-order valence-corrected chi connectivity index (χ4v) is 3.00. The van der Waals surface area contributed by atoms with E-state index in [2.05, 4.69) is 47.9 Å². The van der Waals surface area contributed by atoms with Crippen LogP contribution in [0.25, 0.3) is 0 Å². The van der Waals surface area contributed by atoms with E-state index in [4.69, 9.17) is 0 Å². The van der Waals surface area contributed by atoms with Gasteiger partial charge in [-0.25, -0.2) is 9.97 Å². The van der Waals surface area contributed by atoms with Crippen molar-refractivity contribution >= 4 is 11.6 Å². The van der Waals surface area contributed by atoms with Gasteiger partial charge in [-0.15, -0.1) is 0 Å². The zero-order valence-electron chi connectivity index (χ0n) is 15.0. The summed E-state index contributed by atoms with van der Waals surface area (Å²) in [6.07, 6.45) is 6.16. The molecule has 1 aliphatic rings. The SMILES string of the molecule is CC(CCC(C)(C)C)Nc1cc(N2CCCC(CO)C2)ncn1. The predicted molar refractivity (Wildman–Crippen MR) is 95.8 cm³/mol. The van der Waals surface area contributed by atoms with Crippen molar-refractivity contribution in [3.63, 3.8) is 0 Å². The molecule has 1 aromatic heterocycles. The van der Waals surface area contributed by atoms with Crippen molar-refractivity contribution in [3.05, 3.63) is 12.4 Å². The minimum absolute atomic E-state index is 0.260. The summed E-state index contributed by atoms with van der Waals surface area (Å²) in [7, 11) is 0. The van der Waals surface area contributed by atoms with Gasteiger partial charge in [0.1, 0.15) is 18.0 Å². The zero-order chi connectivity index (χ0) is 16.9. The monoisotopic (exact) mass is 320 g/mol. The lowest BCUT2D eigenvalue weighted by Gasteiger charge is -2.32. The van der Waals surface area contributed by atoms with E-state index < -0.39 is 0 Å². The highest BCUT2D eigenvalue weighted by Gasteiger charge is 2.20. The number of rotatable bonds is 6. The molecule has 2 heterocycles. The standard InChI is InChI=1S/C18H32N4O/c1-14(7-8-18(2,3)4)21-16-10-17(20-13-19-16)22-9-5-6-15(11-22)12-23/h10,13-15,23H,5-9,11-12H2,1-4H3,(H,19,20,21). The van der Waals surface area contributed by atoms with Gasteiger partial charge in [0.15, 0.2) is 0 Å². The van der Waals surface area contributed by atoms with Crippen molar-refractivity contribution < 1.29 is 5.11 Å². The van der Waals surface area contributed by atoms with Crippen LogP contribution in [0.5, 0.6) is 0 Å². The smallest absolute Gasteiger partial charge is 0.134 e. The van der Waals surface area contributed by atoms with Gasteiger partial charge in [-0.3, -0.25) is 0 Å². The molecular formula is C18H32N4O. The van der Waals surface area contributed by atoms with Crippen molar-refractivity contribution in [2.24, 2.45) is 11.3 Å². The van der Waals surface area contributed by atoms with E-state index in [0.29, 0.717) is 17.4 Å². The molecule has 0 bridgehead atoms. The number of hydrogen-bond donors (Lipinski definition) is 2. The number of hydrogen-bond acceptors (Lipinski definition) is 5. The molecule has 0 saturated carbocycles. The van der Waals surface area contributed by atoms with Crippen LogP contribution in [-0.4, -0.2) is 40.8 Å². The van der Waals surface area contributed by atoms with Crippen molar-refractivity contribution in [2.45, 2.75) is 59.4 Å². The van der Waals surface area contributed by atoms with Gasteiger partial charge in [0.2, 0.25) is 0 Å². The molecule has 0 amide bonds. The first-order chi connectivity index (χ1) is 10.9. The van der Waals surface area contributed by atoms with Gasteiger partial charge in [-0.05, 0) is 43.9 Å². The van der Waals surface area contributed by atoms with Crippen molar-refractivity contribution in [3.8, 4) is 0 Å². The highest BCUT2D eigenvalue weighted by molar-refractivity contribution is 5.49. The van der Waals surface area contributed by atoms with Crippen molar-refractivity contribution in [1.29, 1.82) is 0 Å². The van der Waals surface area contributed by atoms with E-state index >= 15 is 0 Å². The third kappa shape index (κ3) is 5.98. The Hall–Kier alpha value is -1.36. The maximum absolute atomic E-state index is 9.38. The van der Waals surface area contributed by atoms with E-state index in [-0.39, 0.29) is 6.61 Å². The van der Waals surface area contributed by atoms with Gasteiger partial charge in [-0.1, -0.05) is 20.8 Å². The van der Waals surface area contributed by atoms with E-state index in [1.54, 1.807) is 6.33 Å². The minimum atomic E-state index is 0.260. The summed E-state index contributed by atoms with van der Waals surface area (Å²) in [5.41, 5.74) is 0.361. The molecule has 0 radical (unpaired) electrons. The number of aromatic nitrogens is 2. The van der Waals surface area contributed by atoms with Gasteiger partial charge < -0.3 is 15.3 Å². The number of aliphatic hydroxyl groups is 1. The highest BCUT2D eigenvalue weighted by atomic mass is 16.3. The predicted octanol–water partition coefficient (Wildman–Crippen LogP) is 3.31. The van der Waals surface area contributed by atoms with Crippen LogP contribution in [0.1, 0.15) is 53.4 Å². The van der Waals surface area contributed by atoms with Crippen LogP contribution in [0, 0.1) is 11.3 Å². The van der Waals surface area contributed by atoms with Crippen LogP contribution in [0.4, 0.5) is 11.6 Å². The third-order valence-electron chi connectivity index (χ3n) is 4.48. The summed E-state index contributed by atoms with van der Waals surface area (Å²) < 4.78 is 0. The molecule has 1 fully saturated rings. The molecular weight excluding hydrogens is 288 g/mol. The van der Waals surface area contributed by atoms with Gasteiger partial charge in [0.05, 0.1) is 0 Å². The summed E-state index contributed by atoms with van der Waals surface area (Å²) in [4.78, 5) is 11.0. The first-order valence-corrected chi connectivity index (χ1v) is 8.82.